The third-order valence-corrected chi connectivity index (χ3v) is 7.87. The van der Waals surface area contributed by atoms with Gasteiger partial charge in [0.05, 0.1) is 16.3 Å². The van der Waals surface area contributed by atoms with Crippen LogP contribution in [0.4, 0.5) is 28.4 Å². The Hall–Kier alpha value is -4.33. The molecule has 4 aromatic carbocycles. The number of hydrogen-bond donors (Lipinski definition) is 5. The topological polar surface area (TPSA) is 259 Å². The van der Waals surface area contributed by atoms with E-state index in [1.54, 1.807) is 0 Å². The molecule has 0 radical (unpaired) electrons. The van der Waals surface area contributed by atoms with Crippen LogP contribution in [0.1, 0.15) is 0 Å². The number of nitrogen functional groups attached to an aromatic ring is 1. The molecule has 0 aliphatic rings. The Kier molecular flexibility index (Phi) is 7.41. The summed E-state index contributed by atoms with van der Waals surface area (Å²) in [5, 5.41) is 25.9. The molecule has 0 unspecified atom stereocenters. The molecule has 4 rings (SSSR count). The van der Waals surface area contributed by atoms with Crippen molar-refractivity contribution in [2.75, 3.05) is 5.73 Å². The van der Waals surface area contributed by atoms with E-state index in [9.17, 15) is 39.5 Å². The highest BCUT2D eigenvalue weighted by molar-refractivity contribution is 7.86. The van der Waals surface area contributed by atoms with Crippen LogP contribution in [0.25, 0.3) is 10.8 Å². The first-order valence-electron chi connectivity index (χ1n) is 10.6. The lowest BCUT2D eigenvalue weighted by molar-refractivity contribution is 0.472. The summed E-state index contributed by atoms with van der Waals surface area (Å²) in [7, 11) is -14.3. The van der Waals surface area contributed by atoms with Crippen molar-refractivity contribution in [2.45, 2.75) is 14.7 Å². The summed E-state index contributed by atoms with van der Waals surface area (Å²) in [6.45, 7) is 0. The molecule has 0 aliphatic carbocycles. The fraction of sp³-hybridized carbons (Fsp3) is 0. The molecule has 0 saturated carbocycles. The van der Waals surface area contributed by atoms with Crippen LogP contribution in [-0.2, 0) is 30.4 Å². The second-order valence-electron chi connectivity index (χ2n) is 8.02. The second-order valence-corrected chi connectivity index (χ2v) is 12.2. The standard InChI is InChI=1S/C22H17N5O10S3/c23-13-1-7-17-12(9-13)10-20(40(35,36)37)21(22(17)28)27-26-18-8-4-15(11-19(18)39(32,33)34)25-24-14-2-5-16(6-3-14)38(29,30)31/h1-11,28H,23H2,(H,29,30,31)(H,32,33,34)(H,35,36,37). The van der Waals surface area contributed by atoms with Crippen molar-refractivity contribution < 1.29 is 44.0 Å². The highest BCUT2D eigenvalue weighted by Gasteiger charge is 2.23. The third kappa shape index (κ3) is 6.28. The van der Waals surface area contributed by atoms with Crippen LogP contribution in [0, 0.1) is 0 Å². The average Bonchev–Trinajstić information content (AvgIpc) is 2.85. The van der Waals surface area contributed by atoms with Crippen LogP contribution in [0.2, 0.25) is 0 Å². The van der Waals surface area contributed by atoms with E-state index in [2.05, 4.69) is 20.5 Å². The van der Waals surface area contributed by atoms with Gasteiger partial charge in [0.2, 0.25) is 0 Å². The van der Waals surface area contributed by atoms with Gasteiger partial charge in [0.25, 0.3) is 30.4 Å². The molecule has 0 aromatic heterocycles. The summed E-state index contributed by atoms with van der Waals surface area (Å²) in [5.41, 5.74) is 4.77. The molecule has 0 heterocycles. The molecule has 6 N–H and O–H groups in total. The van der Waals surface area contributed by atoms with E-state index in [0.29, 0.717) is 0 Å². The first-order valence-corrected chi connectivity index (χ1v) is 14.9. The van der Waals surface area contributed by atoms with Crippen LogP contribution in [-0.4, -0.2) is 44.0 Å². The minimum absolute atomic E-state index is 0.102. The molecule has 0 fully saturated rings. The van der Waals surface area contributed by atoms with E-state index >= 15 is 0 Å². The minimum atomic E-state index is -4.95. The molecule has 0 saturated heterocycles. The van der Waals surface area contributed by atoms with Gasteiger partial charge in [-0.05, 0) is 72.1 Å². The number of azo groups is 2. The van der Waals surface area contributed by atoms with E-state index < -0.39 is 57.3 Å². The van der Waals surface area contributed by atoms with Gasteiger partial charge >= 0.3 is 0 Å². The molecule has 0 bridgehead atoms. The van der Waals surface area contributed by atoms with Gasteiger partial charge in [-0.2, -0.15) is 35.5 Å². The molecule has 4 aromatic rings. The van der Waals surface area contributed by atoms with Crippen molar-refractivity contribution >= 4 is 69.6 Å². The van der Waals surface area contributed by atoms with Crippen molar-refractivity contribution in [1.29, 1.82) is 0 Å². The van der Waals surface area contributed by atoms with Gasteiger partial charge in [0.15, 0.2) is 5.75 Å². The molecule has 15 nitrogen and oxygen atoms in total. The number of rotatable bonds is 7. The number of fused-ring (bicyclic) bond motifs is 1. The number of anilines is 1. The Morgan fingerprint density at radius 2 is 1.20 bits per heavy atom. The number of nitrogens with zero attached hydrogens (tertiary/aromatic N) is 4. The number of phenols is 1. The van der Waals surface area contributed by atoms with Crippen molar-refractivity contribution in [3.8, 4) is 5.75 Å². The Morgan fingerprint density at radius 1 is 0.600 bits per heavy atom. The fourth-order valence-corrected chi connectivity index (χ4v) is 5.20. The number of hydrogen-bond acceptors (Lipinski definition) is 12. The molecule has 208 valence electrons. The van der Waals surface area contributed by atoms with Gasteiger partial charge in [-0.25, -0.2) is 0 Å². The highest BCUT2D eigenvalue weighted by atomic mass is 32.2. The Morgan fingerprint density at radius 3 is 1.80 bits per heavy atom. The number of aromatic hydroxyl groups is 1. The van der Waals surface area contributed by atoms with Gasteiger partial charge in [-0.1, -0.05) is 0 Å². The van der Waals surface area contributed by atoms with Crippen molar-refractivity contribution in [3.63, 3.8) is 0 Å². The summed E-state index contributed by atoms with van der Waals surface area (Å²) >= 11 is 0. The monoisotopic (exact) mass is 607 g/mol. The number of benzene rings is 4. The maximum absolute atomic E-state index is 12.0. The average molecular weight is 608 g/mol. The summed E-state index contributed by atoms with van der Waals surface area (Å²) in [5.74, 6) is -0.701. The smallest absolute Gasteiger partial charge is 0.296 e. The molecule has 0 aliphatic heterocycles. The zero-order valence-electron chi connectivity index (χ0n) is 19.7. The quantitative estimate of drug-likeness (QED) is 0.109. The van der Waals surface area contributed by atoms with Crippen LogP contribution >= 0.6 is 0 Å². The summed E-state index contributed by atoms with van der Waals surface area (Å²) in [6.07, 6.45) is 0. The largest absolute Gasteiger partial charge is 0.505 e. The normalized spacial score (nSPS) is 13.0. The summed E-state index contributed by atoms with van der Waals surface area (Å²) in [4.78, 5) is -2.03. The van der Waals surface area contributed by atoms with E-state index in [1.165, 1.54) is 36.4 Å². The second kappa shape index (κ2) is 10.3. The maximum Gasteiger partial charge on any atom is 0.296 e. The van der Waals surface area contributed by atoms with Gasteiger partial charge in [-0.15, -0.1) is 10.2 Å². The van der Waals surface area contributed by atoms with Crippen LogP contribution in [0.5, 0.6) is 5.75 Å². The minimum Gasteiger partial charge on any atom is -0.505 e. The first kappa shape index (κ1) is 28.7. The van der Waals surface area contributed by atoms with Crippen LogP contribution in [0.15, 0.2) is 102 Å². The lowest BCUT2D eigenvalue weighted by atomic mass is 10.1. The summed E-state index contributed by atoms with van der Waals surface area (Å²) in [6, 6.07) is 12.8. The van der Waals surface area contributed by atoms with Gasteiger partial charge in [0.1, 0.15) is 21.2 Å². The Labute approximate surface area is 226 Å². The molecule has 0 amide bonds. The molecule has 18 heteroatoms. The predicted molar refractivity (Wildman–Crippen MR) is 141 cm³/mol. The Bertz CT molecular complexity index is 2040. The maximum atomic E-state index is 12.0. The van der Waals surface area contributed by atoms with E-state index in [4.69, 9.17) is 10.3 Å². The first-order chi connectivity index (χ1) is 18.5. The van der Waals surface area contributed by atoms with Gasteiger partial charge < -0.3 is 10.8 Å². The highest BCUT2D eigenvalue weighted by Crippen LogP contribution is 2.42. The zero-order valence-corrected chi connectivity index (χ0v) is 22.1. The number of phenolic OH excluding ortho intramolecular Hbond substituents is 1. The third-order valence-electron chi connectivity index (χ3n) is 5.25. The van der Waals surface area contributed by atoms with E-state index in [1.807, 2.05) is 0 Å². The van der Waals surface area contributed by atoms with E-state index in [0.717, 1.165) is 30.3 Å². The number of nitrogens with two attached hydrogens (primary N) is 1. The predicted octanol–water partition coefficient (Wildman–Crippen LogP) is 4.70. The lowest BCUT2D eigenvalue weighted by Crippen LogP contribution is -1.99. The molecule has 0 atom stereocenters. The van der Waals surface area contributed by atoms with Crippen molar-refractivity contribution in [3.05, 3.63) is 66.7 Å². The van der Waals surface area contributed by atoms with Gasteiger partial charge in [0, 0.05) is 11.1 Å². The van der Waals surface area contributed by atoms with Crippen LogP contribution < -0.4 is 5.73 Å². The summed E-state index contributed by atoms with van der Waals surface area (Å²) < 4.78 is 98.7. The Balaban J connectivity index is 1.76. The van der Waals surface area contributed by atoms with Gasteiger partial charge in [-0.3, -0.25) is 13.7 Å². The molecule has 0 spiro atoms. The van der Waals surface area contributed by atoms with Crippen molar-refractivity contribution in [1.82, 2.24) is 0 Å². The lowest BCUT2D eigenvalue weighted by Gasteiger charge is -2.09. The van der Waals surface area contributed by atoms with Crippen molar-refractivity contribution in [2.24, 2.45) is 20.5 Å². The van der Waals surface area contributed by atoms with Crippen LogP contribution in [0.3, 0.4) is 0 Å². The molecule has 40 heavy (non-hydrogen) atoms. The molecular formula is C22H17N5O10S3. The molecular weight excluding hydrogens is 590 g/mol. The zero-order chi connectivity index (χ0) is 29.5. The SMILES string of the molecule is Nc1ccc2c(O)c(N=Nc3ccc(N=Nc4ccc(S(=O)(=O)O)cc4)cc3S(=O)(=O)O)c(S(=O)(=O)O)cc2c1. The van der Waals surface area contributed by atoms with E-state index in [-0.39, 0.29) is 32.7 Å². The fourth-order valence-electron chi connectivity index (χ4n) is 3.42.